The third-order valence-electron chi connectivity index (χ3n) is 7.04. The van der Waals surface area contributed by atoms with Crippen molar-refractivity contribution in [1.82, 2.24) is 24.4 Å². The minimum Gasteiger partial charge on any atom is -0.382 e. The summed E-state index contributed by atoms with van der Waals surface area (Å²) < 4.78 is 29.9. The molecule has 1 saturated heterocycles. The van der Waals surface area contributed by atoms with Crippen molar-refractivity contribution < 1.29 is 8.78 Å². The second-order valence-corrected chi connectivity index (χ2v) is 9.87. The van der Waals surface area contributed by atoms with Crippen LogP contribution in [0.15, 0.2) is 41.2 Å². The molecule has 206 valence electrons. The van der Waals surface area contributed by atoms with Crippen LogP contribution in [0.2, 0.25) is 0 Å². The smallest absolute Gasteiger partial charge is 0.266 e. The van der Waals surface area contributed by atoms with Crippen LogP contribution in [0.3, 0.4) is 0 Å². The van der Waals surface area contributed by atoms with E-state index in [1.807, 2.05) is 18.2 Å². The van der Waals surface area contributed by atoms with Gasteiger partial charge in [0.05, 0.1) is 22.6 Å². The summed E-state index contributed by atoms with van der Waals surface area (Å²) in [5.74, 6) is -1.75. The number of hydrogen-bond donors (Lipinski definition) is 3. The molecular formula is C28H29F2N9O. The molecule has 5 N–H and O–H groups in total. The minimum atomic E-state index is -0.837. The van der Waals surface area contributed by atoms with Crippen molar-refractivity contribution in [3.05, 3.63) is 75.3 Å². The second kappa shape index (κ2) is 11.2. The number of rotatable bonds is 8. The van der Waals surface area contributed by atoms with Gasteiger partial charge in [-0.15, -0.1) is 0 Å². The Labute approximate surface area is 229 Å². The van der Waals surface area contributed by atoms with Crippen molar-refractivity contribution >= 4 is 28.5 Å². The Morgan fingerprint density at radius 2 is 1.82 bits per heavy atom. The number of fused-ring (bicyclic) bond motifs is 1. The molecule has 0 spiro atoms. The number of nitrogens with zero attached hydrogens (tertiary/aromatic N) is 6. The molecule has 10 nitrogen and oxygen atoms in total. The van der Waals surface area contributed by atoms with Crippen LogP contribution < -0.4 is 22.3 Å². The molecule has 0 saturated carbocycles. The van der Waals surface area contributed by atoms with Gasteiger partial charge in [-0.05, 0) is 76.0 Å². The van der Waals surface area contributed by atoms with E-state index in [-0.39, 0.29) is 34.7 Å². The van der Waals surface area contributed by atoms with Gasteiger partial charge in [-0.25, -0.2) is 13.8 Å². The molecule has 4 aromatic rings. The molecule has 2 aromatic heterocycles. The molecule has 1 aliphatic rings. The normalized spacial score (nSPS) is 14.3. The Bertz CT molecular complexity index is 1660. The van der Waals surface area contributed by atoms with Gasteiger partial charge >= 0.3 is 0 Å². The highest BCUT2D eigenvalue weighted by molar-refractivity contribution is 5.82. The number of aromatic nitrogens is 4. The quantitative estimate of drug-likeness (QED) is 0.301. The Morgan fingerprint density at radius 1 is 1.10 bits per heavy atom. The average molecular weight is 546 g/mol. The van der Waals surface area contributed by atoms with Gasteiger partial charge in [-0.2, -0.15) is 15.2 Å². The van der Waals surface area contributed by atoms with Crippen LogP contribution in [0.1, 0.15) is 49.2 Å². The molecule has 1 fully saturated rings. The monoisotopic (exact) mass is 545 g/mol. The predicted octanol–water partition coefficient (Wildman–Crippen LogP) is 3.69. The highest BCUT2D eigenvalue weighted by Crippen LogP contribution is 2.27. The van der Waals surface area contributed by atoms with Gasteiger partial charge in [0.1, 0.15) is 34.9 Å². The molecule has 3 heterocycles. The van der Waals surface area contributed by atoms with Crippen molar-refractivity contribution in [2.45, 2.75) is 38.6 Å². The third-order valence-corrected chi connectivity index (χ3v) is 7.04. The van der Waals surface area contributed by atoms with E-state index in [1.165, 1.54) is 17.4 Å². The van der Waals surface area contributed by atoms with Crippen LogP contribution in [0.25, 0.3) is 16.6 Å². The first-order valence-electron chi connectivity index (χ1n) is 13.1. The zero-order valence-corrected chi connectivity index (χ0v) is 22.0. The number of aryl methyl sites for hydroxylation is 1. The zero-order chi connectivity index (χ0) is 28.4. The van der Waals surface area contributed by atoms with Gasteiger partial charge in [0.25, 0.3) is 5.56 Å². The fraction of sp³-hybridized carbons (Fsp3) is 0.321. The maximum Gasteiger partial charge on any atom is 0.266 e. The summed E-state index contributed by atoms with van der Waals surface area (Å²) in [6, 6.07) is 9.51. The van der Waals surface area contributed by atoms with E-state index in [0.717, 1.165) is 49.8 Å². The first-order chi connectivity index (χ1) is 19.2. The van der Waals surface area contributed by atoms with Gasteiger partial charge in [-0.1, -0.05) is 12.1 Å². The number of benzene rings is 2. The third kappa shape index (κ3) is 5.41. The average Bonchev–Trinajstić information content (AvgIpc) is 3.41. The number of likely N-dealkylation sites (tertiary alicyclic amines) is 1. The first-order valence-corrected chi connectivity index (χ1v) is 13.1. The maximum absolute atomic E-state index is 14.3. The van der Waals surface area contributed by atoms with Crippen molar-refractivity contribution in [3.63, 3.8) is 0 Å². The number of anilines is 3. The SMILES string of the molecule is C[C@H](Nc1nc(N)nc(N)c1C#N)c1nc2cccc(CCCN3CCCC3)c2c(=O)n1-c1cc(F)cc(F)c1. The summed E-state index contributed by atoms with van der Waals surface area (Å²) in [5, 5.41) is 13.0. The Hall–Kier alpha value is -4.63. The fourth-order valence-electron chi connectivity index (χ4n) is 5.21. The van der Waals surface area contributed by atoms with Gasteiger partial charge in [0.15, 0.2) is 5.82 Å². The molecule has 2 aromatic carbocycles. The van der Waals surface area contributed by atoms with Crippen LogP contribution in [0, 0.1) is 23.0 Å². The molecule has 0 unspecified atom stereocenters. The molecule has 0 bridgehead atoms. The molecular weight excluding hydrogens is 516 g/mol. The topological polar surface area (TPSA) is 152 Å². The van der Waals surface area contributed by atoms with Crippen LogP contribution in [0.5, 0.6) is 0 Å². The lowest BCUT2D eigenvalue weighted by Gasteiger charge is -2.21. The van der Waals surface area contributed by atoms with E-state index < -0.39 is 23.2 Å². The maximum atomic E-state index is 14.3. The summed E-state index contributed by atoms with van der Waals surface area (Å²) in [6.07, 6.45) is 3.92. The molecule has 12 heteroatoms. The Morgan fingerprint density at radius 3 is 2.52 bits per heavy atom. The van der Waals surface area contributed by atoms with E-state index >= 15 is 0 Å². The number of hydrogen-bond acceptors (Lipinski definition) is 9. The summed E-state index contributed by atoms with van der Waals surface area (Å²) in [4.78, 5) is 29.2. The molecule has 1 atom stereocenters. The highest BCUT2D eigenvalue weighted by atomic mass is 19.1. The molecule has 40 heavy (non-hydrogen) atoms. The van der Waals surface area contributed by atoms with E-state index in [9.17, 15) is 18.8 Å². The lowest BCUT2D eigenvalue weighted by Crippen LogP contribution is -2.28. The zero-order valence-electron chi connectivity index (χ0n) is 22.0. The van der Waals surface area contributed by atoms with E-state index in [0.29, 0.717) is 17.3 Å². The second-order valence-electron chi connectivity index (χ2n) is 9.87. The predicted molar refractivity (Wildman–Crippen MR) is 149 cm³/mol. The first kappa shape index (κ1) is 27.0. The van der Waals surface area contributed by atoms with Crippen molar-refractivity contribution in [1.29, 1.82) is 5.26 Å². The summed E-state index contributed by atoms with van der Waals surface area (Å²) in [6.45, 7) is 4.77. The summed E-state index contributed by atoms with van der Waals surface area (Å²) in [5.41, 5.74) is 12.3. The Kier molecular flexibility index (Phi) is 7.57. The van der Waals surface area contributed by atoms with Crippen molar-refractivity contribution in [2.24, 2.45) is 0 Å². The van der Waals surface area contributed by atoms with E-state index in [1.54, 1.807) is 13.0 Å². The van der Waals surface area contributed by atoms with Gasteiger partial charge in [0, 0.05) is 6.07 Å². The standard InChI is InChI=1S/C28H29F2N9O/c1-16(34-25-21(15-31)24(32)36-28(33)37-25)26-35-22-8-4-6-17(7-5-11-38-9-2-3-10-38)23(22)27(40)39(26)20-13-18(29)12-19(30)14-20/h4,6,8,12-14,16H,2-3,5,7,9-11H2,1H3,(H5,32,33,34,36,37)/t16-/m0/s1. The number of nitriles is 1. The van der Waals surface area contributed by atoms with Gasteiger partial charge < -0.3 is 21.7 Å². The molecule has 0 radical (unpaired) electrons. The van der Waals surface area contributed by atoms with E-state index in [2.05, 4.69) is 20.2 Å². The number of nitrogens with one attached hydrogen (secondary N) is 1. The molecule has 5 rings (SSSR count). The molecule has 0 aliphatic carbocycles. The number of nitrogen functional groups attached to an aromatic ring is 2. The van der Waals surface area contributed by atoms with Gasteiger partial charge in [-0.3, -0.25) is 9.36 Å². The number of halogens is 2. The van der Waals surface area contributed by atoms with Crippen molar-refractivity contribution in [3.8, 4) is 11.8 Å². The molecule has 1 aliphatic heterocycles. The van der Waals surface area contributed by atoms with Crippen LogP contribution >= 0.6 is 0 Å². The van der Waals surface area contributed by atoms with E-state index in [4.69, 9.17) is 16.5 Å². The Balaban J connectivity index is 1.62. The minimum absolute atomic E-state index is 0.0189. The van der Waals surface area contributed by atoms with Crippen LogP contribution in [-0.2, 0) is 6.42 Å². The molecule has 0 amide bonds. The number of nitrogens with two attached hydrogens (primary N) is 2. The summed E-state index contributed by atoms with van der Waals surface area (Å²) in [7, 11) is 0. The fourth-order valence-corrected chi connectivity index (χ4v) is 5.21. The lowest BCUT2D eigenvalue weighted by atomic mass is 10.0. The lowest BCUT2D eigenvalue weighted by molar-refractivity contribution is 0.334. The van der Waals surface area contributed by atoms with Crippen LogP contribution in [0.4, 0.5) is 26.4 Å². The summed E-state index contributed by atoms with van der Waals surface area (Å²) >= 11 is 0. The van der Waals surface area contributed by atoms with Crippen molar-refractivity contribution in [2.75, 3.05) is 36.4 Å². The van der Waals surface area contributed by atoms with Crippen LogP contribution in [-0.4, -0.2) is 44.1 Å². The largest absolute Gasteiger partial charge is 0.382 e. The highest BCUT2D eigenvalue weighted by Gasteiger charge is 2.23. The van der Waals surface area contributed by atoms with Gasteiger partial charge in [0.2, 0.25) is 5.95 Å².